The van der Waals surface area contributed by atoms with Gasteiger partial charge in [0.2, 0.25) is 12.6 Å². The number of pyridine rings is 2. The van der Waals surface area contributed by atoms with Crippen molar-refractivity contribution >= 4 is 68.3 Å². The summed E-state index contributed by atoms with van der Waals surface area (Å²) in [5.41, 5.74) is 18.8. The Labute approximate surface area is 592 Å². The van der Waals surface area contributed by atoms with Crippen LogP contribution in [-0.2, 0) is 70.9 Å². The summed E-state index contributed by atoms with van der Waals surface area (Å²) in [7, 11) is 0. The predicted octanol–water partition coefficient (Wildman–Crippen LogP) is 18.7. The highest BCUT2D eigenvalue weighted by Gasteiger charge is 2.29. The monoisotopic (exact) mass is 1440 g/mol. The number of nitrogens with zero attached hydrogens (tertiary/aromatic N) is 2. The first-order valence-electron chi connectivity index (χ1n) is 32.5. The second-order valence-corrected chi connectivity index (χ2v) is 24.1. The first kappa shape index (κ1) is 73.5. The van der Waals surface area contributed by atoms with Gasteiger partial charge in [0.05, 0.1) is 92.7 Å². The molecule has 0 bridgehead atoms. The molecule has 0 saturated carbocycles. The first-order chi connectivity index (χ1) is 47.7. The minimum absolute atomic E-state index is 0. The van der Waals surface area contributed by atoms with Gasteiger partial charge in [-0.1, -0.05) is 153 Å². The number of aromatic nitrogens is 2. The third-order valence-electron chi connectivity index (χ3n) is 16.3. The molecule has 0 amide bonds. The fraction of sp³-hybridized carbons (Fsp3) is 0.229. The number of fused-ring (bicyclic) bond motifs is 4. The van der Waals surface area contributed by atoms with E-state index in [1.807, 2.05) is 142 Å². The van der Waals surface area contributed by atoms with Gasteiger partial charge in [0.15, 0.2) is 0 Å². The molecular formula is C83H81IN2O13. The molecule has 4 heterocycles. The minimum atomic E-state index is -0.499. The number of para-hydroxylation sites is 2. The standard InChI is InChI=1S/C28H25NO4.C26H26O5.C19H17NO2.C9H9IO2.CH4/c1-3-31-27(30)23-10-6-5-9-22(23)24-14-19(13-12-18(24)2)16-32-28-26-21(17-33-28)15-20-8-4-7-11-25(20)29-26;1-4-30-25(28)21-12-8-6-10-19(21)23-14-18(16-27)15-24(17(23)3)20-11-7-9-13-22(20)26(29)31-5-2;1-13-6-8-14(9-7-13)11-21-19-18-16(12-22-19)10-15-4-2-3-5-17(15)20-18;1-2-12-9(11)7-5-3-4-6-8(7)10;/h4-15,28H,3,16-17H2,1-2H3;6-15,27H,4-5,16H2,1-3H3;2-10,19H,11-12H2,1H3;3-6H,2H2,1H3;1H4. The van der Waals surface area contributed by atoms with Gasteiger partial charge >= 0.3 is 23.9 Å². The van der Waals surface area contributed by atoms with Crippen molar-refractivity contribution in [2.24, 2.45) is 0 Å². The van der Waals surface area contributed by atoms with E-state index < -0.39 is 18.2 Å². The summed E-state index contributed by atoms with van der Waals surface area (Å²) >= 11 is 2.11. The number of carbonyl (C=O) groups is 4. The Morgan fingerprint density at radius 1 is 0.434 bits per heavy atom. The van der Waals surface area contributed by atoms with Gasteiger partial charge in [0.1, 0.15) is 11.4 Å². The highest BCUT2D eigenvalue weighted by molar-refractivity contribution is 14.1. The number of esters is 4. The second-order valence-electron chi connectivity index (χ2n) is 23.0. The van der Waals surface area contributed by atoms with Crippen LogP contribution in [0.25, 0.3) is 55.2 Å². The number of halogens is 1. The van der Waals surface area contributed by atoms with Crippen molar-refractivity contribution in [1.29, 1.82) is 0 Å². The van der Waals surface area contributed by atoms with Crippen LogP contribution in [0.15, 0.2) is 212 Å². The molecule has 99 heavy (non-hydrogen) atoms. The highest BCUT2D eigenvalue weighted by atomic mass is 127. The maximum atomic E-state index is 12.5. The lowest BCUT2D eigenvalue weighted by molar-refractivity contribution is -0.147. The van der Waals surface area contributed by atoms with Crippen molar-refractivity contribution < 1.29 is 62.2 Å². The van der Waals surface area contributed by atoms with E-state index in [1.165, 1.54) is 5.56 Å². The van der Waals surface area contributed by atoms with Crippen LogP contribution < -0.4 is 0 Å². The van der Waals surface area contributed by atoms with Crippen LogP contribution in [0.4, 0.5) is 0 Å². The van der Waals surface area contributed by atoms with Crippen molar-refractivity contribution in [2.75, 3.05) is 26.4 Å². The summed E-state index contributed by atoms with van der Waals surface area (Å²) in [5.74, 6) is -1.37. The van der Waals surface area contributed by atoms with Gasteiger partial charge in [0.25, 0.3) is 0 Å². The SMILES string of the molecule is C.CCOC(=O)c1ccccc1-c1cc(CO)cc(-c2ccccc2C(=O)OCC)c1C.CCOC(=O)c1ccccc1-c1cc(COC2OCc3cc4ccccc4nc32)ccc1C.CCOC(=O)c1ccccc1I.Cc1ccc(COC2OCc3cc4ccccc4nc32)cc1. The number of ether oxygens (including phenoxy) is 8. The second kappa shape index (κ2) is 35.6. The molecule has 1 N–H and O–H groups in total. The third-order valence-corrected chi connectivity index (χ3v) is 17.2. The van der Waals surface area contributed by atoms with E-state index in [1.54, 1.807) is 57.2 Å². The quantitative estimate of drug-likeness (QED) is 0.0485. The molecule has 2 atom stereocenters. The van der Waals surface area contributed by atoms with E-state index in [-0.39, 0.29) is 45.5 Å². The average molecular weight is 1440 g/mol. The van der Waals surface area contributed by atoms with E-state index in [2.05, 4.69) is 84.1 Å². The molecule has 13 rings (SSSR count). The zero-order valence-corrected chi connectivity index (χ0v) is 58.0. The molecular weight excluding hydrogens is 1360 g/mol. The van der Waals surface area contributed by atoms with E-state index >= 15 is 0 Å². The van der Waals surface area contributed by atoms with Crippen LogP contribution in [0.5, 0.6) is 0 Å². The lowest BCUT2D eigenvalue weighted by atomic mass is 9.87. The van der Waals surface area contributed by atoms with Crippen molar-refractivity contribution in [1.82, 2.24) is 9.97 Å². The first-order valence-corrected chi connectivity index (χ1v) is 33.6. The topological polar surface area (TPSA) is 188 Å². The van der Waals surface area contributed by atoms with Crippen LogP contribution in [-0.4, -0.2) is 65.4 Å². The van der Waals surface area contributed by atoms with E-state index in [9.17, 15) is 24.3 Å². The molecule has 0 fully saturated rings. The molecule has 0 saturated heterocycles. The number of rotatable bonds is 18. The van der Waals surface area contributed by atoms with Gasteiger partial charge in [-0.05, 0) is 205 Å². The Morgan fingerprint density at radius 3 is 1.25 bits per heavy atom. The summed E-state index contributed by atoms with van der Waals surface area (Å²) in [6.45, 7) is 16.3. The fourth-order valence-electron chi connectivity index (χ4n) is 11.4. The van der Waals surface area contributed by atoms with Crippen molar-refractivity contribution in [3.05, 3.63) is 294 Å². The Bertz CT molecular complexity index is 4550. The van der Waals surface area contributed by atoms with E-state index in [4.69, 9.17) is 47.9 Å². The Balaban J connectivity index is 0.000000161. The molecule has 2 unspecified atom stereocenters. The summed E-state index contributed by atoms with van der Waals surface area (Å²) in [6, 6.07) is 68.0. The number of aliphatic hydroxyl groups excluding tert-OH is 1. The molecule has 0 spiro atoms. The summed E-state index contributed by atoms with van der Waals surface area (Å²) in [6.07, 6.45) is -0.873. The maximum Gasteiger partial charge on any atom is 0.339 e. The van der Waals surface area contributed by atoms with Gasteiger partial charge in [0, 0.05) is 25.5 Å². The van der Waals surface area contributed by atoms with Crippen LogP contribution in [0.3, 0.4) is 0 Å². The highest BCUT2D eigenvalue weighted by Crippen LogP contribution is 2.39. The normalized spacial score (nSPS) is 13.2. The summed E-state index contributed by atoms with van der Waals surface area (Å²) < 4.78 is 45.2. The van der Waals surface area contributed by atoms with Crippen LogP contribution in [0.2, 0.25) is 0 Å². The van der Waals surface area contributed by atoms with Crippen molar-refractivity contribution in [3.8, 4) is 33.4 Å². The molecule has 2 aliphatic heterocycles. The number of benzene rings is 9. The summed E-state index contributed by atoms with van der Waals surface area (Å²) in [4.78, 5) is 58.3. The number of aliphatic hydroxyl groups is 1. The van der Waals surface area contributed by atoms with Crippen molar-refractivity contribution in [2.45, 2.75) is 102 Å². The summed E-state index contributed by atoms with van der Waals surface area (Å²) in [5, 5.41) is 12.2. The van der Waals surface area contributed by atoms with Gasteiger partial charge in [-0.25, -0.2) is 29.1 Å². The molecule has 508 valence electrons. The minimum Gasteiger partial charge on any atom is -0.462 e. The van der Waals surface area contributed by atoms with Gasteiger partial charge in [-0.3, -0.25) is 0 Å². The zero-order valence-electron chi connectivity index (χ0n) is 55.8. The van der Waals surface area contributed by atoms with E-state index in [0.29, 0.717) is 78.6 Å². The molecule has 11 aromatic rings. The fourth-order valence-corrected chi connectivity index (χ4v) is 12.0. The number of hydrogen-bond donors (Lipinski definition) is 1. The molecule has 0 radical (unpaired) electrons. The zero-order chi connectivity index (χ0) is 69.1. The molecule has 2 aromatic heterocycles. The van der Waals surface area contributed by atoms with Crippen molar-refractivity contribution in [3.63, 3.8) is 0 Å². The number of carbonyl (C=O) groups excluding carboxylic acids is 4. The largest absolute Gasteiger partial charge is 0.462 e. The smallest absolute Gasteiger partial charge is 0.339 e. The molecule has 0 aliphatic carbocycles. The number of aryl methyl sites for hydroxylation is 2. The molecule has 2 aliphatic rings. The maximum absolute atomic E-state index is 12.5. The molecule has 9 aromatic carbocycles. The number of hydrogen-bond acceptors (Lipinski definition) is 15. The Kier molecular flexibility index (Phi) is 26.4. The third kappa shape index (κ3) is 18.3. The Hall–Kier alpha value is -9.79. The molecule has 15 nitrogen and oxygen atoms in total. The van der Waals surface area contributed by atoms with Gasteiger partial charge < -0.3 is 43.0 Å². The van der Waals surface area contributed by atoms with E-state index in [0.717, 1.165) is 92.4 Å². The Morgan fingerprint density at radius 2 is 0.808 bits per heavy atom. The van der Waals surface area contributed by atoms with Crippen LogP contribution >= 0.6 is 22.6 Å². The lowest BCUT2D eigenvalue weighted by Gasteiger charge is -2.18. The van der Waals surface area contributed by atoms with Crippen LogP contribution in [0.1, 0.15) is 145 Å². The lowest BCUT2D eigenvalue weighted by Crippen LogP contribution is -2.08. The predicted molar refractivity (Wildman–Crippen MR) is 394 cm³/mol. The van der Waals surface area contributed by atoms with Crippen LogP contribution in [0, 0.1) is 24.3 Å². The van der Waals surface area contributed by atoms with Gasteiger partial charge in [-0.15, -0.1) is 0 Å². The van der Waals surface area contributed by atoms with Gasteiger partial charge in [-0.2, -0.15) is 0 Å². The molecule has 16 heteroatoms. The average Bonchev–Trinajstić information content (AvgIpc) is 1.77.